The highest BCUT2D eigenvalue weighted by molar-refractivity contribution is 7.89. The van der Waals surface area contributed by atoms with E-state index >= 15 is 0 Å². The lowest BCUT2D eigenvalue weighted by Gasteiger charge is -2.18. The van der Waals surface area contributed by atoms with Gasteiger partial charge in [-0.1, -0.05) is 0 Å². The molecule has 1 fully saturated rings. The van der Waals surface area contributed by atoms with E-state index in [9.17, 15) is 12.8 Å². The van der Waals surface area contributed by atoms with Crippen LogP contribution in [0.15, 0.2) is 23.2 Å². The van der Waals surface area contributed by atoms with Crippen LogP contribution in [0.25, 0.3) is 10.8 Å². The second-order valence-corrected chi connectivity index (χ2v) is 10.0. The molecule has 0 spiro atoms. The van der Waals surface area contributed by atoms with Gasteiger partial charge in [0.25, 0.3) is 0 Å². The number of alkyl halides is 1. The molecule has 2 unspecified atom stereocenters. The van der Waals surface area contributed by atoms with Crippen molar-refractivity contribution < 1.29 is 12.8 Å². The number of hydrogen-bond acceptors (Lipinski definition) is 5. The smallest absolute Gasteiger partial charge is 0.241 e. The lowest BCUT2D eigenvalue weighted by molar-refractivity contribution is 0.221. The highest BCUT2D eigenvalue weighted by Gasteiger charge is 2.33. The number of benzene rings is 1. The van der Waals surface area contributed by atoms with Crippen LogP contribution in [-0.4, -0.2) is 25.6 Å². The van der Waals surface area contributed by atoms with Gasteiger partial charge >= 0.3 is 0 Å². The van der Waals surface area contributed by atoms with E-state index in [1.165, 1.54) is 13.8 Å². The van der Waals surface area contributed by atoms with Gasteiger partial charge in [-0.3, -0.25) is 4.98 Å². The summed E-state index contributed by atoms with van der Waals surface area (Å²) in [6.07, 6.45) is 4.40. The Labute approximate surface area is 158 Å². The number of rotatable bonds is 5. The van der Waals surface area contributed by atoms with Gasteiger partial charge in [0, 0.05) is 47.2 Å². The summed E-state index contributed by atoms with van der Waals surface area (Å²) in [4.78, 5) is 4.66. The molecule has 1 heterocycles. The lowest BCUT2D eigenvalue weighted by atomic mass is 9.99. The molecule has 1 saturated carbocycles. The predicted molar refractivity (Wildman–Crippen MR) is 103 cm³/mol. The first kappa shape index (κ1) is 18.7. The summed E-state index contributed by atoms with van der Waals surface area (Å²) < 4.78 is 42.3. The van der Waals surface area contributed by atoms with Crippen LogP contribution in [0.1, 0.15) is 67.9 Å². The molecule has 0 radical (unpaired) electrons. The largest absolute Gasteiger partial charge is 0.324 e. The Kier molecular flexibility index (Phi) is 4.30. The Bertz CT molecular complexity index is 1010. The fourth-order valence-corrected chi connectivity index (χ4v) is 5.18. The van der Waals surface area contributed by atoms with Crippen LogP contribution in [0.3, 0.4) is 0 Å². The Hall–Kier alpha value is -1.61. The highest BCUT2D eigenvalue weighted by Crippen LogP contribution is 2.45. The van der Waals surface area contributed by atoms with Crippen LogP contribution in [0.2, 0.25) is 0 Å². The number of hydrogen-bond donors (Lipinski definition) is 3. The summed E-state index contributed by atoms with van der Waals surface area (Å²) in [5.74, 6) is 0.381. The first-order valence-electron chi connectivity index (χ1n) is 9.23. The van der Waals surface area contributed by atoms with Gasteiger partial charge in [0.15, 0.2) is 0 Å². The Morgan fingerprint density at radius 2 is 1.93 bits per heavy atom. The predicted octanol–water partition coefficient (Wildman–Crippen LogP) is 2.54. The average molecular weight is 393 g/mol. The van der Waals surface area contributed by atoms with Crippen molar-refractivity contribution in [2.45, 2.75) is 61.7 Å². The van der Waals surface area contributed by atoms with Crippen molar-refractivity contribution in [2.75, 3.05) is 6.54 Å². The molecule has 4 rings (SSSR count). The summed E-state index contributed by atoms with van der Waals surface area (Å²) in [5, 5.41) is 1.30. The number of nitrogens with zero attached hydrogens (tertiary/aromatic N) is 1. The minimum absolute atomic E-state index is 0.120. The van der Waals surface area contributed by atoms with E-state index in [0.717, 1.165) is 35.0 Å². The maximum absolute atomic E-state index is 13.9. The van der Waals surface area contributed by atoms with E-state index in [1.54, 1.807) is 12.3 Å². The molecule has 146 valence electrons. The van der Waals surface area contributed by atoms with Crippen LogP contribution in [-0.2, 0) is 10.0 Å². The molecular formula is C19H25FN4O2S. The molecule has 2 atom stereocenters. The van der Waals surface area contributed by atoms with Crippen LogP contribution < -0.4 is 16.2 Å². The molecule has 0 amide bonds. The number of aromatic nitrogens is 1. The molecule has 2 aliphatic rings. The van der Waals surface area contributed by atoms with E-state index in [1.807, 2.05) is 6.07 Å². The zero-order chi connectivity index (χ0) is 19.6. The fourth-order valence-electron chi connectivity index (χ4n) is 3.75. The Morgan fingerprint density at radius 1 is 1.22 bits per heavy atom. The summed E-state index contributed by atoms with van der Waals surface area (Å²) in [6.45, 7) is 2.36. The molecule has 0 aliphatic heterocycles. The summed E-state index contributed by atoms with van der Waals surface area (Å²) in [6, 6.07) is 2.88. The van der Waals surface area contributed by atoms with Crippen LogP contribution in [0.5, 0.6) is 0 Å². The third-order valence-electron chi connectivity index (χ3n) is 5.32. The SMILES string of the molecule is CC(C)(F)CNS(=O)(=O)c1cc2c(c3cnc(C4CC4)cc13)C(N)CC2N. The highest BCUT2D eigenvalue weighted by atomic mass is 32.2. The molecule has 1 aromatic carbocycles. The minimum Gasteiger partial charge on any atom is -0.324 e. The number of pyridine rings is 1. The van der Waals surface area contributed by atoms with Crippen LogP contribution in [0.4, 0.5) is 4.39 Å². The Balaban J connectivity index is 1.92. The molecule has 5 N–H and O–H groups in total. The van der Waals surface area contributed by atoms with Crippen molar-refractivity contribution in [3.05, 3.63) is 35.2 Å². The van der Waals surface area contributed by atoms with E-state index in [2.05, 4.69) is 9.71 Å². The zero-order valence-corrected chi connectivity index (χ0v) is 16.3. The zero-order valence-electron chi connectivity index (χ0n) is 15.5. The van der Waals surface area contributed by atoms with Gasteiger partial charge in [-0.05, 0) is 56.4 Å². The van der Waals surface area contributed by atoms with Crippen LogP contribution in [0, 0.1) is 0 Å². The molecule has 0 saturated heterocycles. The average Bonchev–Trinajstić information content (AvgIpc) is 3.38. The van der Waals surface area contributed by atoms with Crippen molar-refractivity contribution in [1.29, 1.82) is 0 Å². The van der Waals surface area contributed by atoms with Gasteiger partial charge in [-0.2, -0.15) is 0 Å². The van der Waals surface area contributed by atoms with Crippen LogP contribution >= 0.6 is 0 Å². The number of sulfonamides is 1. The molecule has 1 aromatic heterocycles. The van der Waals surface area contributed by atoms with Gasteiger partial charge in [-0.25, -0.2) is 17.5 Å². The molecule has 27 heavy (non-hydrogen) atoms. The van der Waals surface area contributed by atoms with Crippen molar-refractivity contribution in [1.82, 2.24) is 9.71 Å². The van der Waals surface area contributed by atoms with E-state index in [4.69, 9.17) is 11.5 Å². The second kappa shape index (κ2) is 6.20. The first-order chi connectivity index (χ1) is 12.6. The van der Waals surface area contributed by atoms with Crippen molar-refractivity contribution in [2.24, 2.45) is 11.5 Å². The molecule has 6 nitrogen and oxygen atoms in total. The van der Waals surface area contributed by atoms with Crippen molar-refractivity contribution in [3.8, 4) is 0 Å². The van der Waals surface area contributed by atoms with Crippen molar-refractivity contribution in [3.63, 3.8) is 0 Å². The van der Waals surface area contributed by atoms with Gasteiger partial charge in [0.1, 0.15) is 5.67 Å². The third-order valence-corrected chi connectivity index (χ3v) is 6.77. The first-order valence-corrected chi connectivity index (χ1v) is 10.7. The third kappa shape index (κ3) is 3.47. The van der Waals surface area contributed by atoms with Gasteiger partial charge in [-0.15, -0.1) is 0 Å². The minimum atomic E-state index is -3.92. The molecular weight excluding hydrogens is 367 g/mol. The molecule has 2 aromatic rings. The molecule has 8 heteroatoms. The van der Waals surface area contributed by atoms with E-state index < -0.39 is 15.7 Å². The number of nitrogens with one attached hydrogen (secondary N) is 1. The number of fused-ring (bicyclic) bond motifs is 3. The molecule has 2 aliphatic carbocycles. The Morgan fingerprint density at radius 3 is 2.56 bits per heavy atom. The van der Waals surface area contributed by atoms with Gasteiger partial charge < -0.3 is 11.5 Å². The van der Waals surface area contributed by atoms with Crippen molar-refractivity contribution >= 4 is 20.8 Å². The monoisotopic (exact) mass is 392 g/mol. The van der Waals surface area contributed by atoms with Gasteiger partial charge in [0.2, 0.25) is 10.0 Å². The second-order valence-electron chi connectivity index (χ2n) is 8.30. The quantitative estimate of drug-likeness (QED) is 0.724. The maximum Gasteiger partial charge on any atom is 0.241 e. The standard InChI is InChI=1S/C19H25FN4O2S/c1-19(2,20)9-24-27(25,26)17-6-12-14(21)7-15(22)18(12)13-8-23-16(5-11(13)17)10-3-4-10/h5-6,8,10,14-15,24H,3-4,7,9,21-22H2,1-2H3. The summed E-state index contributed by atoms with van der Waals surface area (Å²) >= 11 is 0. The molecule has 0 bridgehead atoms. The maximum atomic E-state index is 13.9. The van der Waals surface area contributed by atoms with E-state index in [0.29, 0.717) is 17.7 Å². The number of halogens is 1. The normalized spacial score (nSPS) is 23.0. The topological polar surface area (TPSA) is 111 Å². The lowest BCUT2D eigenvalue weighted by Crippen LogP contribution is -2.35. The van der Waals surface area contributed by atoms with Gasteiger partial charge in [0.05, 0.1) is 4.90 Å². The summed E-state index contributed by atoms with van der Waals surface area (Å²) in [7, 11) is -3.92. The van der Waals surface area contributed by atoms with E-state index in [-0.39, 0.29) is 23.5 Å². The number of nitrogens with two attached hydrogens (primary N) is 2. The fraction of sp³-hybridized carbons (Fsp3) is 0.526. The summed E-state index contributed by atoms with van der Waals surface area (Å²) in [5.41, 5.74) is 13.3.